The van der Waals surface area contributed by atoms with Gasteiger partial charge in [-0.3, -0.25) is 4.57 Å². The van der Waals surface area contributed by atoms with E-state index in [4.69, 9.17) is 5.10 Å². The molecule has 1 aliphatic carbocycles. The average Bonchev–Trinajstić information content (AvgIpc) is 3.77. The van der Waals surface area contributed by atoms with Crippen LogP contribution in [0, 0.1) is 0 Å². The van der Waals surface area contributed by atoms with Gasteiger partial charge in [-0.1, -0.05) is 97.6 Å². The Morgan fingerprint density at radius 3 is 1.88 bits per heavy atom. The molecule has 2 aromatic heterocycles. The van der Waals surface area contributed by atoms with E-state index in [0.717, 1.165) is 80.8 Å². The number of para-hydroxylation sites is 2. The fraction of sp³-hybridized carbons (Fsp3) is 0.0667. The van der Waals surface area contributed by atoms with Crippen molar-refractivity contribution in [3.8, 4) is 34.2 Å². The summed E-state index contributed by atoms with van der Waals surface area (Å²) in [6.07, 6.45) is 15.1. The molecule has 0 saturated heterocycles. The third-order valence-corrected chi connectivity index (χ3v) is 9.17. The number of aromatic nitrogens is 4. The van der Waals surface area contributed by atoms with Crippen LogP contribution in [-0.4, -0.2) is 19.3 Å². The number of anilines is 2. The van der Waals surface area contributed by atoms with E-state index in [0.29, 0.717) is 0 Å². The van der Waals surface area contributed by atoms with E-state index in [1.807, 2.05) is 42.5 Å². The molecule has 5 aromatic carbocycles. The zero-order valence-corrected chi connectivity index (χ0v) is 28.0. The molecule has 8 rings (SSSR count). The van der Waals surface area contributed by atoms with Gasteiger partial charge in [-0.25, -0.2) is 0 Å². The molecular formula is C45H37N5. The molecule has 242 valence electrons. The van der Waals surface area contributed by atoms with E-state index in [2.05, 4.69) is 160 Å². The van der Waals surface area contributed by atoms with E-state index in [1.54, 1.807) is 0 Å². The van der Waals surface area contributed by atoms with Crippen molar-refractivity contribution in [3.63, 3.8) is 0 Å². The Labute approximate surface area is 293 Å². The van der Waals surface area contributed by atoms with Crippen LogP contribution in [0.4, 0.5) is 11.4 Å². The van der Waals surface area contributed by atoms with Gasteiger partial charge in [0.05, 0.1) is 11.2 Å². The van der Waals surface area contributed by atoms with Crippen LogP contribution in [0.15, 0.2) is 170 Å². The van der Waals surface area contributed by atoms with Crippen molar-refractivity contribution in [1.29, 1.82) is 0 Å². The van der Waals surface area contributed by atoms with Gasteiger partial charge in [-0.2, -0.15) is 0 Å². The largest absolute Gasteiger partial charge is 0.311 e. The highest BCUT2D eigenvalue weighted by molar-refractivity contribution is 5.95. The summed E-state index contributed by atoms with van der Waals surface area (Å²) in [5.74, 6) is 1.60. The second-order valence-corrected chi connectivity index (χ2v) is 12.2. The van der Waals surface area contributed by atoms with Crippen LogP contribution >= 0.6 is 0 Å². The molecule has 0 bridgehead atoms. The van der Waals surface area contributed by atoms with Crippen LogP contribution in [0.2, 0.25) is 0 Å². The van der Waals surface area contributed by atoms with Crippen molar-refractivity contribution in [1.82, 2.24) is 19.3 Å². The molecule has 0 spiro atoms. The molecular weight excluding hydrogens is 611 g/mol. The Kier molecular flexibility index (Phi) is 8.37. The molecule has 5 heteroatoms. The van der Waals surface area contributed by atoms with E-state index < -0.39 is 0 Å². The molecule has 5 nitrogen and oxygen atoms in total. The summed E-state index contributed by atoms with van der Waals surface area (Å²) in [6, 6.07) is 46.6. The molecule has 2 heterocycles. The van der Waals surface area contributed by atoms with E-state index in [9.17, 15) is 0 Å². The molecule has 7 aromatic rings. The van der Waals surface area contributed by atoms with Gasteiger partial charge in [0.25, 0.3) is 0 Å². The Balaban J connectivity index is 1.19. The number of hydrogen-bond acceptors (Lipinski definition) is 3. The summed E-state index contributed by atoms with van der Waals surface area (Å²) in [6.45, 7) is 6.19. The van der Waals surface area contributed by atoms with Gasteiger partial charge in [-0.15, -0.1) is 10.2 Å². The fourth-order valence-electron chi connectivity index (χ4n) is 6.89. The van der Waals surface area contributed by atoms with Crippen molar-refractivity contribution < 1.29 is 0 Å². The molecule has 0 atom stereocenters. The van der Waals surface area contributed by atoms with Crippen LogP contribution in [0.1, 0.15) is 31.0 Å². The Hall–Kier alpha value is -6.46. The standard InChI is InChI=1S/C45H37N5/c1-3-16-42-40(4-2)41-23-14-15-24-43(41)49(42)39-31-29-38(30-32-39)48(35-19-10-6-11-20-35)37-27-25-34(26-28-37)45-47-46-44(33-17-8-5-9-18-33)50(45)36-21-12-7-13-22-36/h3-5,7-10,12-32H,2,6,11H2,1H3/b16-3-. The van der Waals surface area contributed by atoms with Crippen LogP contribution in [-0.2, 0) is 0 Å². The van der Waals surface area contributed by atoms with Gasteiger partial charge in [-0.05, 0) is 98.6 Å². The predicted molar refractivity (Wildman–Crippen MR) is 209 cm³/mol. The van der Waals surface area contributed by atoms with Gasteiger partial charge in [0.2, 0.25) is 0 Å². The second kappa shape index (κ2) is 13.6. The zero-order valence-electron chi connectivity index (χ0n) is 28.0. The third-order valence-electron chi connectivity index (χ3n) is 9.17. The minimum atomic E-state index is 0.795. The molecule has 0 fully saturated rings. The number of allylic oxidation sites excluding steroid dienone is 4. The van der Waals surface area contributed by atoms with Gasteiger partial charge in [0.15, 0.2) is 11.6 Å². The highest BCUT2D eigenvalue weighted by Gasteiger charge is 2.20. The van der Waals surface area contributed by atoms with Gasteiger partial charge < -0.3 is 9.47 Å². The number of rotatable bonds is 9. The lowest BCUT2D eigenvalue weighted by Gasteiger charge is -2.28. The van der Waals surface area contributed by atoms with Crippen molar-refractivity contribution in [2.75, 3.05) is 4.90 Å². The average molecular weight is 648 g/mol. The molecule has 0 N–H and O–H groups in total. The first kappa shape index (κ1) is 30.8. The van der Waals surface area contributed by atoms with Gasteiger partial charge in [0.1, 0.15) is 0 Å². The van der Waals surface area contributed by atoms with Crippen LogP contribution in [0.3, 0.4) is 0 Å². The lowest BCUT2D eigenvalue weighted by atomic mass is 10.1. The maximum absolute atomic E-state index is 4.71. The van der Waals surface area contributed by atoms with Crippen LogP contribution < -0.4 is 4.90 Å². The minimum Gasteiger partial charge on any atom is -0.311 e. The maximum Gasteiger partial charge on any atom is 0.168 e. The summed E-state index contributed by atoms with van der Waals surface area (Å²) >= 11 is 0. The lowest BCUT2D eigenvalue weighted by molar-refractivity contribution is 0.996. The first-order valence-electron chi connectivity index (χ1n) is 17.1. The lowest BCUT2D eigenvalue weighted by Crippen LogP contribution is -2.16. The Bertz CT molecular complexity index is 2370. The monoisotopic (exact) mass is 647 g/mol. The van der Waals surface area contributed by atoms with Crippen LogP contribution in [0.25, 0.3) is 57.2 Å². The third kappa shape index (κ3) is 5.59. The normalized spacial score (nSPS) is 12.8. The summed E-state index contributed by atoms with van der Waals surface area (Å²) in [4.78, 5) is 2.33. The van der Waals surface area contributed by atoms with E-state index >= 15 is 0 Å². The highest BCUT2D eigenvalue weighted by atomic mass is 15.3. The van der Waals surface area contributed by atoms with Crippen molar-refractivity contribution >= 4 is 34.4 Å². The summed E-state index contributed by atoms with van der Waals surface area (Å²) in [7, 11) is 0. The van der Waals surface area contributed by atoms with Crippen molar-refractivity contribution in [2.45, 2.75) is 19.8 Å². The zero-order chi connectivity index (χ0) is 33.9. The van der Waals surface area contributed by atoms with Gasteiger partial charge in [0, 0.05) is 50.5 Å². The molecule has 0 aliphatic heterocycles. The molecule has 0 unspecified atom stereocenters. The fourth-order valence-corrected chi connectivity index (χ4v) is 6.89. The molecule has 50 heavy (non-hydrogen) atoms. The number of benzene rings is 5. The SMILES string of the molecule is C=Cc1c(/C=C\C)n(-c2ccc(N(C3=CCCC=C3)c3ccc(-c4nnc(-c5ccccc5)n4-c4ccccc4)cc3)cc2)c2ccccc12. The first-order chi connectivity index (χ1) is 24.7. The first-order valence-corrected chi connectivity index (χ1v) is 17.1. The number of fused-ring (bicyclic) bond motifs is 1. The second-order valence-electron chi connectivity index (χ2n) is 12.2. The highest BCUT2D eigenvalue weighted by Crippen LogP contribution is 2.37. The van der Waals surface area contributed by atoms with E-state index in [1.165, 1.54) is 5.39 Å². The number of hydrogen-bond donors (Lipinski definition) is 0. The maximum atomic E-state index is 4.71. The van der Waals surface area contributed by atoms with E-state index in [-0.39, 0.29) is 0 Å². The molecule has 0 saturated carbocycles. The quantitative estimate of drug-likeness (QED) is 0.156. The van der Waals surface area contributed by atoms with Crippen LogP contribution in [0.5, 0.6) is 0 Å². The molecule has 0 amide bonds. The van der Waals surface area contributed by atoms with Gasteiger partial charge >= 0.3 is 0 Å². The van der Waals surface area contributed by atoms with Crippen molar-refractivity contribution in [2.24, 2.45) is 0 Å². The Morgan fingerprint density at radius 2 is 1.24 bits per heavy atom. The number of nitrogens with zero attached hydrogens (tertiary/aromatic N) is 5. The minimum absolute atomic E-state index is 0.795. The summed E-state index contributed by atoms with van der Waals surface area (Å²) in [5.41, 5.74) is 10.9. The van der Waals surface area contributed by atoms with Crippen molar-refractivity contribution in [3.05, 3.63) is 181 Å². The molecule has 1 aliphatic rings. The predicted octanol–water partition coefficient (Wildman–Crippen LogP) is 11.6. The summed E-state index contributed by atoms with van der Waals surface area (Å²) < 4.78 is 4.46. The topological polar surface area (TPSA) is 38.9 Å². The summed E-state index contributed by atoms with van der Waals surface area (Å²) in [5, 5.41) is 10.6. The molecule has 0 radical (unpaired) electrons. The smallest absolute Gasteiger partial charge is 0.168 e. The Morgan fingerprint density at radius 1 is 0.640 bits per heavy atom.